The molecule has 0 radical (unpaired) electrons. The van der Waals surface area contributed by atoms with Crippen molar-refractivity contribution in [3.8, 4) is 0 Å². The summed E-state index contributed by atoms with van der Waals surface area (Å²) in [6.45, 7) is 3.35. The smallest absolute Gasteiger partial charge is 0.316 e. The molecule has 0 amide bonds. The van der Waals surface area contributed by atoms with E-state index in [1.807, 2.05) is 20.0 Å². The van der Waals surface area contributed by atoms with Gasteiger partial charge >= 0.3 is 5.69 Å². The molecule has 0 spiro atoms. The lowest BCUT2D eigenvalue weighted by molar-refractivity contribution is 0.660. The van der Waals surface area contributed by atoms with E-state index in [4.69, 9.17) is 0 Å². The minimum absolute atomic E-state index is 0.173. The quantitative estimate of drug-likeness (QED) is 0.874. The number of benzene rings is 1. The van der Waals surface area contributed by atoms with Gasteiger partial charge in [0.2, 0.25) is 0 Å². The van der Waals surface area contributed by atoms with Crippen LogP contribution in [-0.4, -0.2) is 21.8 Å². The van der Waals surface area contributed by atoms with Gasteiger partial charge in [-0.2, -0.15) is 0 Å². The second kappa shape index (κ2) is 6.40. The fourth-order valence-electron chi connectivity index (χ4n) is 1.70. The van der Waals surface area contributed by atoms with Crippen LogP contribution in [0.1, 0.15) is 12.5 Å². The first kappa shape index (κ1) is 14.4. The average molecular weight is 343 g/mol. The van der Waals surface area contributed by atoms with Crippen molar-refractivity contribution in [2.75, 3.05) is 7.05 Å². The Morgan fingerprint density at radius 2 is 2.32 bits per heavy atom. The van der Waals surface area contributed by atoms with Crippen LogP contribution in [0.25, 0.3) is 0 Å². The van der Waals surface area contributed by atoms with E-state index in [-0.39, 0.29) is 5.69 Å². The van der Waals surface area contributed by atoms with Gasteiger partial charge in [0.25, 0.3) is 0 Å². The maximum absolute atomic E-state index is 11.5. The lowest BCUT2D eigenvalue weighted by atomic mass is 10.2. The molecule has 0 unspecified atom stereocenters. The van der Waals surface area contributed by atoms with Crippen LogP contribution in [0.2, 0.25) is 0 Å². The third-order valence-corrected chi connectivity index (χ3v) is 4.61. The van der Waals surface area contributed by atoms with Crippen molar-refractivity contribution in [1.29, 1.82) is 0 Å². The molecular weight excluding hydrogens is 328 g/mol. The molecule has 102 valence electrons. The second-order valence-corrected chi connectivity index (χ2v) is 5.82. The summed E-state index contributed by atoms with van der Waals surface area (Å²) in [5.74, 6) is 0. The van der Waals surface area contributed by atoms with E-state index in [9.17, 15) is 4.79 Å². The summed E-state index contributed by atoms with van der Waals surface area (Å²) in [4.78, 5) is 12.5. The highest BCUT2D eigenvalue weighted by Crippen LogP contribution is 2.32. The van der Waals surface area contributed by atoms with Gasteiger partial charge < -0.3 is 5.32 Å². The zero-order valence-electron chi connectivity index (χ0n) is 10.7. The molecule has 2 N–H and O–H groups in total. The van der Waals surface area contributed by atoms with Crippen LogP contribution in [-0.2, 0) is 13.1 Å². The zero-order valence-corrected chi connectivity index (χ0v) is 13.1. The summed E-state index contributed by atoms with van der Waals surface area (Å²) in [6, 6.07) is 6.16. The van der Waals surface area contributed by atoms with E-state index in [0.717, 1.165) is 15.9 Å². The second-order valence-electron chi connectivity index (χ2n) is 3.95. The number of halogens is 1. The Bertz CT molecular complexity index is 622. The molecule has 7 heteroatoms. The van der Waals surface area contributed by atoms with E-state index >= 15 is 0 Å². The largest absolute Gasteiger partial charge is 0.343 e. The van der Waals surface area contributed by atoms with Crippen molar-refractivity contribution >= 4 is 27.7 Å². The molecule has 0 saturated carbocycles. The average Bonchev–Trinajstić information content (AvgIpc) is 2.73. The third-order valence-electron chi connectivity index (χ3n) is 2.62. The number of aromatic amines is 1. The van der Waals surface area contributed by atoms with Crippen LogP contribution in [0, 0.1) is 0 Å². The minimum Gasteiger partial charge on any atom is -0.316 e. The maximum atomic E-state index is 11.5. The summed E-state index contributed by atoms with van der Waals surface area (Å²) >= 11 is 5.02. The number of nitrogens with one attached hydrogen (secondary N) is 2. The highest BCUT2D eigenvalue weighted by atomic mass is 79.9. The molecular formula is C12H15BrN4OS. The molecule has 1 aromatic carbocycles. The van der Waals surface area contributed by atoms with Crippen LogP contribution >= 0.6 is 27.7 Å². The van der Waals surface area contributed by atoms with E-state index in [1.54, 1.807) is 4.57 Å². The molecule has 2 aromatic rings. The van der Waals surface area contributed by atoms with Crippen LogP contribution in [0.4, 0.5) is 0 Å². The Hall–Kier alpha value is -1.05. The summed E-state index contributed by atoms with van der Waals surface area (Å²) in [7, 11) is 1.92. The maximum Gasteiger partial charge on any atom is 0.343 e. The van der Waals surface area contributed by atoms with Crippen molar-refractivity contribution in [3.63, 3.8) is 0 Å². The first-order valence-corrected chi connectivity index (χ1v) is 7.52. The number of hydrogen-bond acceptors (Lipinski definition) is 4. The van der Waals surface area contributed by atoms with E-state index in [2.05, 4.69) is 43.6 Å². The molecule has 0 aliphatic carbocycles. The molecule has 19 heavy (non-hydrogen) atoms. The first-order valence-electron chi connectivity index (χ1n) is 5.91. The van der Waals surface area contributed by atoms with Crippen LogP contribution in [0.3, 0.4) is 0 Å². The molecule has 0 bridgehead atoms. The number of aromatic nitrogens is 3. The van der Waals surface area contributed by atoms with Crippen LogP contribution in [0.15, 0.2) is 37.5 Å². The normalized spacial score (nSPS) is 10.9. The van der Waals surface area contributed by atoms with Crippen LogP contribution in [0.5, 0.6) is 0 Å². The predicted molar refractivity (Wildman–Crippen MR) is 79.6 cm³/mol. The number of nitrogens with zero attached hydrogens (tertiary/aromatic N) is 2. The zero-order chi connectivity index (χ0) is 13.8. The third kappa shape index (κ3) is 3.29. The van der Waals surface area contributed by atoms with Gasteiger partial charge in [0, 0.05) is 22.5 Å². The Kier molecular flexibility index (Phi) is 4.84. The van der Waals surface area contributed by atoms with E-state index in [0.29, 0.717) is 11.7 Å². The van der Waals surface area contributed by atoms with E-state index in [1.165, 1.54) is 17.3 Å². The molecule has 1 aromatic heterocycles. The number of rotatable bonds is 5. The Balaban J connectivity index is 2.26. The van der Waals surface area contributed by atoms with Gasteiger partial charge in [-0.05, 0) is 59.4 Å². The van der Waals surface area contributed by atoms with Gasteiger partial charge in [-0.15, -0.1) is 5.10 Å². The van der Waals surface area contributed by atoms with Gasteiger partial charge in [0.15, 0.2) is 5.16 Å². The minimum atomic E-state index is -0.173. The highest BCUT2D eigenvalue weighted by Gasteiger charge is 2.10. The van der Waals surface area contributed by atoms with Gasteiger partial charge in [-0.25, -0.2) is 9.89 Å². The van der Waals surface area contributed by atoms with Gasteiger partial charge in [0.05, 0.1) is 0 Å². The van der Waals surface area contributed by atoms with Crippen molar-refractivity contribution < 1.29 is 0 Å². The molecule has 0 atom stereocenters. The van der Waals surface area contributed by atoms with Gasteiger partial charge in [0.1, 0.15) is 0 Å². The topological polar surface area (TPSA) is 62.7 Å². The molecule has 0 saturated heterocycles. The molecule has 2 rings (SSSR count). The van der Waals surface area contributed by atoms with E-state index < -0.39 is 0 Å². The molecule has 5 nitrogen and oxygen atoms in total. The summed E-state index contributed by atoms with van der Waals surface area (Å²) in [6.07, 6.45) is 0. The number of hydrogen-bond donors (Lipinski definition) is 2. The standard InChI is InChI=1S/C12H15BrN4OS/c1-3-17-11(18)15-16-12(17)19-10-5-4-8(7-14-2)6-9(10)13/h4-6,14H,3,7H2,1-2H3,(H,15,18). The highest BCUT2D eigenvalue weighted by molar-refractivity contribution is 9.10. The summed E-state index contributed by atoms with van der Waals surface area (Å²) in [5.41, 5.74) is 1.03. The lowest BCUT2D eigenvalue weighted by Gasteiger charge is -2.07. The number of H-pyrrole nitrogens is 1. The Morgan fingerprint density at radius 1 is 1.53 bits per heavy atom. The van der Waals surface area contributed by atoms with Crippen molar-refractivity contribution in [2.45, 2.75) is 30.1 Å². The van der Waals surface area contributed by atoms with Crippen molar-refractivity contribution in [2.24, 2.45) is 0 Å². The molecule has 0 aliphatic rings. The molecule has 0 fully saturated rings. The molecule has 1 heterocycles. The van der Waals surface area contributed by atoms with Crippen LogP contribution < -0.4 is 11.0 Å². The van der Waals surface area contributed by atoms with Crippen molar-refractivity contribution in [3.05, 3.63) is 38.7 Å². The fourth-order valence-corrected chi connectivity index (χ4v) is 3.27. The Morgan fingerprint density at radius 3 is 2.95 bits per heavy atom. The lowest BCUT2D eigenvalue weighted by Crippen LogP contribution is -2.16. The Labute approximate surface area is 123 Å². The molecule has 0 aliphatic heterocycles. The van der Waals surface area contributed by atoms with Crippen molar-refractivity contribution in [1.82, 2.24) is 20.1 Å². The summed E-state index contributed by atoms with van der Waals surface area (Å²) in [5, 5.41) is 10.3. The monoisotopic (exact) mass is 342 g/mol. The summed E-state index contributed by atoms with van der Waals surface area (Å²) < 4.78 is 2.61. The SMILES string of the molecule is CCn1c(Sc2ccc(CNC)cc2Br)n[nH]c1=O. The van der Waals surface area contributed by atoms with Gasteiger partial charge in [-0.3, -0.25) is 4.57 Å². The first-order chi connectivity index (χ1) is 9.15. The van der Waals surface area contributed by atoms with Gasteiger partial charge in [-0.1, -0.05) is 6.07 Å². The fraction of sp³-hybridized carbons (Fsp3) is 0.333. The predicted octanol–water partition coefficient (Wildman–Crippen LogP) is 2.22.